The summed E-state index contributed by atoms with van der Waals surface area (Å²) in [5.74, 6) is 0.780. The van der Waals surface area contributed by atoms with Crippen molar-refractivity contribution in [1.82, 2.24) is 4.58 Å². The third-order valence-corrected chi connectivity index (χ3v) is 15.0. The van der Waals surface area contributed by atoms with Crippen LogP contribution >= 0.6 is 0 Å². The molecule has 0 saturated heterocycles. The zero-order valence-corrected chi connectivity index (χ0v) is 47.8. The molecule has 82 heavy (non-hydrogen) atoms. The number of carbonyl (C=O) groups is 1. The monoisotopic (exact) mass is 1130 g/mol. The first kappa shape index (κ1) is 57.3. The van der Waals surface area contributed by atoms with E-state index >= 15 is 0 Å². The Morgan fingerprint density at radius 1 is 0.549 bits per heavy atom. The van der Waals surface area contributed by atoms with Gasteiger partial charge in [-0.25, -0.2) is 9.37 Å². The number of aromatic hydroxyl groups is 4. The van der Waals surface area contributed by atoms with Crippen molar-refractivity contribution in [2.45, 2.75) is 66.5 Å². The van der Waals surface area contributed by atoms with E-state index in [2.05, 4.69) is 122 Å². The van der Waals surface area contributed by atoms with Gasteiger partial charge in [0.1, 0.15) is 63.8 Å². The number of likely N-dealkylation sites (N-methyl/N-ethyl adjacent to an activating group) is 2. The van der Waals surface area contributed by atoms with Gasteiger partial charge in [0.2, 0.25) is 5.36 Å². The maximum atomic E-state index is 12.5. The Kier molecular flexibility index (Phi) is 16.3. The van der Waals surface area contributed by atoms with E-state index in [1.807, 2.05) is 72.8 Å². The second-order valence-electron chi connectivity index (χ2n) is 21.2. The molecular weight excluding hydrogens is 1070 g/mol. The number of fused-ring (bicyclic) bond motifs is 6. The Hall–Kier alpha value is -9.37. The summed E-state index contributed by atoms with van der Waals surface area (Å²) in [6.45, 7) is 19.4. The second-order valence-corrected chi connectivity index (χ2v) is 21.2. The van der Waals surface area contributed by atoms with Gasteiger partial charge >= 0.3 is 5.97 Å². The summed E-state index contributed by atoms with van der Waals surface area (Å²) in [4.78, 5) is 14.9. The largest absolute Gasteiger partial charge is 0.506 e. The summed E-state index contributed by atoms with van der Waals surface area (Å²) in [6.07, 6.45) is 4.64. The number of ether oxygens (including phenoxy) is 1. The Labute approximate surface area is 486 Å². The molecule has 0 fully saturated rings. The van der Waals surface area contributed by atoms with Crippen LogP contribution < -0.4 is 24.8 Å². The van der Waals surface area contributed by atoms with Crippen LogP contribution in [0.4, 0.5) is 28.4 Å². The molecule has 5 N–H and O–H groups in total. The fourth-order valence-corrected chi connectivity index (χ4v) is 11.4. The van der Waals surface area contributed by atoms with Crippen molar-refractivity contribution in [2.75, 3.05) is 18.0 Å². The van der Waals surface area contributed by atoms with Crippen molar-refractivity contribution in [3.8, 4) is 34.5 Å². The van der Waals surface area contributed by atoms with Crippen molar-refractivity contribution in [3.05, 3.63) is 220 Å². The second kappa shape index (κ2) is 23.4. The fourth-order valence-electron chi connectivity index (χ4n) is 11.4. The molecule has 415 valence electrons. The molecule has 13 nitrogen and oxygen atoms in total. The van der Waals surface area contributed by atoms with Gasteiger partial charge in [0.25, 0.3) is 0 Å². The van der Waals surface area contributed by atoms with Crippen LogP contribution in [0.2, 0.25) is 0 Å². The Balaban J connectivity index is 0.000000165. The third kappa shape index (κ3) is 11.1. The third-order valence-electron chi connectivity index (χ3n) is 15.0. The van der Waals surface area contributed by atoms with E-state index in [0.717, 1.165) is 84.7 Å². The van der Waals surface area contributed by atoms with Gasteiger partial charge in [-0.05, 0) is 130 Å². The van der Waals surface area contributed by atoms with Crippen LogP contribution in [0, 0.1) is 0 Å². The van der Waals surface area contributed by atoms with Crippen LogP contribution in [0.15, 0.2) is 202 Å². The predicted molar refractivity (Wildman–Crippen MR) is 323 cm³/mol. The number of azo groups is 2. The van der Waals surface area contributed by atoms with Gasteiger partial charge in [-0.2, -0.15) is 0 Å². The average molecular weight is 1140 g/mol. The molecule has 3 aliphatic rings. The Morgan fingerprint density at radius 3 is 1.62 bits per heavy atom. The van der Waals surface area contributed by atoms with E-state index in [4.69, 9.17) is 4.74 Å². The zero-order valence-electron chi connectivity index (χ0n) is 46.8. The number of rotatable bonds is 8. The summed E-state index contributed by atoms with van der Waals surface area (Å²) in [5, 5.41) is 71.2. The van der Waals surface area contributed by atoms with Gasteiger partial charge in [0.15, 0.2) is 5.54 Å². The van der Waals surface area contributed by atoms with Gasteiger partial charge in [0, 0.05) is 87.2 Å². The van der Waals surface area contributed by atoms with Crippen molar-refractivity contribution in [1.29, 1.82) is 0 Å². The molecule has 0 bridgehead atoms. The van der Waals surface area contributed by atoms with Crippen molar-refractivity contribution in [3.63, 3.8) is 0 Å². The molecule has 0 spiro atoms. The number of phenolic OH excluding ortho intramolecular Hbond substituents is 4. The maximum Gasteiger partial charge on any atom is 0.336 e. The fraction of sp³-hybridized carbons (Fsp3) is 0.176. The molecule has 0 atom stereocenters. The number of hydrogen-bond acceptors (Lipinski definition) is 11. The van der Waals surface area contributed by atoms with Crippen LogP contribution in [-0.2, 0) is 16.8 Å². The molecular formula is C68H63CoN6O7+. The van der Waals surface area contributed by atoms with E-state index < -0.39 is 5.97 Å². The number of phenols is 4. The predicted octanol–water partition coefficient (Wildman–Crippen LogP) is 15.8. The van der Waals surface area contributed by atoms with Crippen LogP contribution in [0.5, 0.6) is 34.5 Å². The number of para-hydroxylation sites is 2. The van der Waals surface area contributed by atoms with Crippen LogP contribution in [0.25, 0.3) is 38.3 Å². The molecule has 0 saturated carbocycles. The first-order valence-electron chi connectivity index (χ1n) is 26.9. The molecule has 9 aromatic carbocycles. The standard InChI is InChI=1S/C36H38N2O3.2C16H12N2O2.Co/c1-9-37-29-17-31-27(15-25(29)21(3)19-35(37,5)6)33(23-13-11-12-14-24(23)34(39)40)28-16-26-22(4)20-36(7,8)38(10-2)30(26)18-32(28)41-31;2*19-14-8-4-3-7-13(14)17-18-16-12-6-2-1-5-11(12)9-10-15(16)20;/h11-20H,9-10H2,1-8H3;2*1-10,19-20H;/p+1. The first-order valence-corrected chi connectivity index (χ1v) is 26.9. The molecule has 9 aromatic rings. The van der Waals surface area contributed by atoms with Crippen LogP contribution in [-0.4, -0.2) is 55.7 Å². The Morgan fingerprint density at radius 2 is 1.07 bits per heavy atom. The first-order chi connectivity index (χ1) is 38.9. The van der Waals surface area contributed by atoms with Gasteiger partial charge in [-0.3, -0.25) is 0 Å². The quantitative estimate of drug-likeness (QED) is 0.0735. The molecule has 0 amide bonds. The number of allylic oxidation sites excluding steroid dienone is 2. The van der Waals surface area contributed by atoms with Crippen molar-refractivity contribution in [2.24, 2.45) is 20.5 Å². The Bertz CT molecular complexity index is 4120. The molecule has 3 aliphatic heterocycles. The summed E-state index contributed by atoms with van der Waals surface area (Å²) in [5.41, 5.74) is 9.88. The number of anilines is 1. The number of hydrogen-bond donors (Lipinski definition) is 5. The minimum absolute atomic E-state index is 0. The number of nitrogens with zero attached hydrogens (tertiary/aromatic N) is 6. The molecule has 0 aliphatic carbocycles. The molecule has 14 heteroatoms. The van der Waals surface area contributed by atoms with Gasteiger partial charge in [0.05, 0.1) is 17.2 Å². The van der Waals surface area contributed by atoms with E-state index in [1.165, 1.54) is 23.3 Å². The molecule has 1 radical (unpaired) electrons. The minimum Gasteiger partial charge on any atom is -0.506 e. The molecule has 0 unspecified atom stereocenters. The van der Waals surface area contributed by atoms with E-state index in [1.54, 1.807) is 60.7 Å². The average Bonchev–Trinajstić information content (AvgIpc) is 2.97. The minimum atomic E-state index is -0.941. The van der Waals surface area contributed by atoms with Gasteiger partial charge in [-0.1, -0.05) is 109 Å². The SMILES string of the molecule is CCN1c2cc3c(cc2C(C)=CC1(C)C)C(c1ccccc1C(=O)O)=c1cc2c(cc1O3)=[N+](CC)C(C)(C)C=C2C.Oc1ccccc1N=Nc1c(O)ccc2ccccc12.Oc1ccccc1N=Nc1c(O)ccc2ccccc12.[Co]. The number of carboxylic acids is 1. The topological polar surface area (TPSA) is 183 Å². The summed E-state index contributed by atoms with van der Waals surface area (Å²) >= 11 is 0. The van der Waals surface area contributed by atoms with E-state index in [9.17, 15) is 30.3 Å². The normalized spacial score (nSPS) is 14.4. The van der Waals surface area contributed by atoms with Gasteiger partial charge in [-0.15, -0.1) is 20.5 Å². The van der Waals surface area contributed by atoms with E-state index in [-0.39, 0.29) is 56.4 Å². The smallest absolute Gasteiger partial charge is 0.336 e. The number of benzene rings is 9. The summed E-state index contributed by atoms with van der Waals surface area (Å²) in [7, 11) is 0. The molecule has 0 aromatic heterocycles. The maximum absolute atomic E-state index is 12.5. The van der Waals surface area contributed by atoms with E-state index in [0.29, 0.717) is 28.3 Å². The van der Waals surface area contributed by atoms with Gasteiger partial charge < -0.3 is 35.2 Å². The summed E-state index contributed by atoms with van der Waals surface area (Å²) < 4.78 is 9.20. The zero-order chi connectivity index (χ0) is 57.3. The van der Waals surface area contributed by atoms with Crippen molar-refractivity contribution >= 4 is 72.7 Å². The van der Waals surface area contributed by atoms with Crippen molar-refractivity contribution < 1.29 is 51.8 Å². The summed E-state index contributed by atoms with van der Waals surface area (Å²) in [6, 6.07) is 51.4. The molecule has 12 rings (SSSR count). The number of carboxylic acid groups (broad SMARTS) is 1. The van der Waals surface area contributed by atoms with Crippen LogP contribution in [0.1, 0.15) is 88.0 Å². The van der Waals surface area contributed by atoms with Crippen LogP contribution in [0.3, 0.4) is 0 Å². The number of aromatic carboxylic acids is 1. The molecule has 3 heterocycles.